The lowest BCUT2D eigenvalue weighted by atomic mass is 10.2. The van der Waals surface area contributed by atoms with Gasteiger partial charge >= 0.3 is 0 Å². The number of rotatable bonds is 2. The zero-order valence-electron chi connectivity index (χ0n) is 8.74. The van der Waals surface area contributed by atoms with Gasteiger partial charge < -0.3 is 0 Å². The van der Waals surface area contributed by atoms with Gasteiger partial charge in [-0.05, 0) is 37.1 Å². The van der Waals surface area contributed by atoms with E-state index in [1.54, 1.807) is 10.9 Å². The third-order valence-corrected chi connectivity index (χ3v) is 2.51. The predicted octanol–water partition coefficient (Wildman–Crippen LogP) is 2.62. The van der Waals surface area contributed by atoms with E-state index >= 15 is 0 Å². The number of alkyl halides is 1. The Morgan fingerprint density at radius 1 is 1.40 bits per heavy atom. The van der Waals surface area contributed by atoms with Crippen LogP contribution in [0.3, 0.4) is 0 Å². The average molecular weight is 222 g/mol. The molecule has 2 aromatic rings. The van der Waals surface area contributed by atoms with Crippen molar-refractivity contribution in [1.29, 1.82) is 0 Å². The Labute approximate surface area is 93.7 Å². The molecule has 0 spiro atoms. The van der Waals surface area contributed by atoms with E-state index in [1.807, 2.05) is 32.2 Å². The van der Waals surface area contributed by atoms with Crippen LogP contribution in [0, 0.1) is 13.8 Å². The molecule has 0 unspecified atom stereocenters. The average Bonchev–Trinajstić information content (AvgIpc) is 2.64. The monoisotopic (exact) mass is 221 g/mol. The summed E-state index contributed by atoms with van der Waals surface area (Å²) in [5.41, 5.74) is 3.09. The van der Waals surface area contributed by atoms with Gasteiger partial charge in [-0.25, -0.2) is 9.67 Å². The highest BCUT2D eigenvalue weighted by atomic mass is 35.5. The second kappa shape index (κ2) is 4.03. The minimum absolute atomic E-state index is 0.492. The second-order valence-electron chi connectivity index (χ2n) is 3.52. The van der Waals surface area contributed by atoms with Crippen molar-refractivity contribution in [3.63, 3.8) is 0 Å². The van der Waals surface area contributed by atoms with E-state index in [-0.39, 0.29) is 0 Å². The minimum Gasteiger partial charge on any atom is -0.237 e. The van der Waals surface area contributed by atoms with E-state index < -0.39 is 0 Å². The van der Waals surface area contributed by atoms with Gasteiger partial charge in [-0.3, -0.25) is 0 Å². The highest BCUT2D eigenvalue weighted by molar-refractivity contribution is 6.17. The Morgan fingerprint density at radius 2 is 2.20 bits per heavy atom. The normalized spacial score (nSPS) is 10.6. The molecule has 2 rings (SSSR count). The molecule has 0 fully saturated rings. The van der Waals surface area contributed by atoms with E-state index in [0.717, 1.165) is 22.6 Å². The predicted molar refractivity (Wildman–Crippen MR) is 60.4 cm³/mol. The van der Waals surface area contributed by atoms with Crippen molar-refractivity contribution >= 4 is 11.6 Å². The largest absolute Gasteiger partial charge is 0.237 e. The van der Waals surface area contributed by atoms with Crippen LogP contribution in [0.15, 0.2) is 24.5 Å². The quantitative estimate of drug-likeness (QED) is 0.730. The van der Waals surface area contributed by atoms with Gasteiger partial charge in [0, 0.05) is 18.3 Å². The zero-order chi connectivity index (χ0) is 10.8. The summed E-state index contributed by atoms with van der Waals surface area (Å²) in [6.07, 6.45) is 3.69. The molecule has 0 bridgehead atoms. The van der Waals surface area contributed by atoms with Crippen LogP contribution in [0.25, 0.3) is 5.82 Å². The van der Waals surface area contributed by atoms with E-state index in [4.69, 9.17) is 11.6 Å². The fourth-order valence-corrected chi connectivity index (χ4v) is 1.62. The highest BCUT2D eigenvalue weighted by Crippen LogP contribution is 2.13. The SMILES string of the molecule is Cc1ccn(-c2ncc(CCl)cc2C)n1. The molecule has 0 aliphatic rings. The lowest BCUT2D eigenvalue weighted by Crippen LogP contribution is -2.02. The summed E-state index contributed by atoms with van der Waals surface area (Å²) in [6, 6.07) is 3.99. The summed E-state index contributed by atoms with van der Waals surface area (Å²) >= 11 is 5.74. The Bertz CT molecular complexity index is 476. The van der Waals surface area contributed by atoms with Crippen molar-refractivity contribution in [2.75, 3.05) is 0 Å². The van der Waals surface area contributed by atoms with Crippen LogP contribution in [-0.4, -0.2) is 14.8 Å². The fraction of sp³-hybridized carbons (Fsp3) is 0.273. The number of hydrogen-bond donors (Lipinski definition) is 0. The van der Waals surface area contributed by atoms with Crippen LogP contribution in [0.1, 0.15) is 16.8 Å². The standard InChI is InChI=1S/C11H12ClN3/c1-8-5-10(6-12)7-13-11(8)15-4-3-9(2)14-15/h3-5,7H,6H2,1-2H3. The summed E-state index contributed by atoms with van der Waals surface area (Å²) in [7, 11) is 0. The lowest BCUT2D eigenvalue weighted by Gasteiger charge is -2.05. The Kier molecular flexibility index (Phi) is 2.73. The minimum atomic E-state index is 0.492. The van der Waals surface area contributed by atoms with Crippen LogP contribution >= 0.6 is 11.6 Å². The molecule has 0 saturated heterocycles. The molecule has 0 atom stereocenters. The summed E-state index contributed by atoms with van der Waals surface area (Å²) in [5, 5.41) is 4.32. The molecule has 15 heavy (non-hydrogen) atoms. The first kappa shape index (κ1) is 10.2. The lowest BCUT2D eigenvalue weighted by molar-refractivity contribution is 0.822. The maximum Gasteiger partial charge on any atom is 0.156 e. The Hall–Kier alpha value is -1.35. The zero-order valence-corrected chi connectivity index (χ0v) is 9.49. The summed E-state index contributed by atoms with van der Waals surface area (Å²) < 4.78 is 1.78. The Balaban J connectivity index is 2.45. The molecule has 0 aliphatic heterocycles. The molecule has 0 N–H and O–H groups in total. The first-order chi connectivity index (χ1) is 7.20. The van der Waals surface area contributed by atoms with Crippen LogP contribution in [0.5, 0.6) is 0 Å². The van der Waals surface area contributed by atoms with Crippen molar-refractivity contribution < 1.29 is 0 Å². The van der Waals surface area contributed by atoms with Gasteiger partial charge in [0.05, 0.1) is 5.69 Å². The molecule has 0 saturated carbocycles. The maximum atomic E-state index is 5.74. The third-order valence-electron chi connectivity index (χ3n) is 2.20. The summed E-state index contributed by atoms with van der Waals surface area (Å²) in [6.45, 7) is 3.97. The van der Waals surface area contributed by atoms with Gasteiger partial charge in [0.15, 0.2) is 5.82 Å². The van der Waals surface area contributed by atoms with Gasteiger partial charge in [0.25, 0.3) is 0 Å². The third kappa shape index (κ3) is 2.02. The molecule has 0 amide bonds. The van der Waals surface area contributed by atoms with Gasteiger partial charge in [0.2, 0.25) is 0 Å². The van der Waals surface area contributed by atoms with Crippen molar-refractivity contribution in [2.45, 2.75) is 19.7 Å². The van der Waals surface area contributed by atoms with Gasteiger partial charge in [-0.2, -0.15) is 5.10 Å². The van der Waals surface area contributed by atoms with Gasteiger partial charge in [-0.15, -0.1) is 11.6 Å². The van der Waals surface area contributed by atoms with Gasteiger partial charge in [0.1, 0.15) is 0 Å². The number of nitrogens with zero attached hydrogens (tertiary/aromatic N) is 3. The van der Waals surface area contributed by atoms with Crippen molar-refractivity contribution in [1.82, 2.24) is 14.8 Å². The molecule has 4 heteroatoms. The van der Waals surface area contributed by atoms with Crippen molar-refractivity contribution in [2.24, 2.45) is 0 Å². The molecular weight excluding hydrogens is 210 g/mol. The number of aromatic nitrogens is 3. The first-order valence-corrected chi connectivity index (χ1v) is 5.28. The van der Waals surface area contributed by atoms with Crippen LogP contribution in [0.2, 0.25) is 0 Å². The molecule has 78 valence electrons. The smallest absolute Gasteiger partial charge is 0.156 e. The van der Waals surface area contributed by atoms with Crippen molar-refractivity contribution in [3.05, 3.63) is 41.3 Å². The number of aryl methyl sites for hydroxylation is 2. The molecule has 2 aromatic heterocycles. The van der Waals surface area contributed by atoms with Crippen LogP contribution in [0.4, 0.5) is 0 Å². The van der Waals surface area contributed by atoms with E-state index in [1.165, 1.54) is 0 Å². The molecule has 2 heterocycles. The number of halogens is 1. The Morgan fingerprint density at radius 3 is 2.73 bits per heavy atom. The molecule has 0 radical (unpaired) electrons. The number of pyridine rings is 1. The van der Waals surface area contributed by atoms with E-state index in [9.17, 15) is 0 Å². The summed E-state index contributed by atoms with van der Waals surface area (Å²) in [4.78, 5) is 4.35. The summed E-state index contributed by atoms with van der Waals surface area (Å²) in [5.74, 6) is 1.35. The van der Waals surface area contributed by atoms with Crippen LogP contribution in [-0.2, 0) is 5.88 Å². The molecule has 0 aliphatic carbocycles. The molecule has 3 nitrogen and oxygen atoms in total. The fourth-order valence-electron chi connectivity index (χ4n) is 1.47. The highest BCUT2D eigenvalue weighted by Gasteiger charge is 2.04. The topological polar surface area (TPSA) is 30.7 Å². The molecule has 0 aromatic carbocycles. The van der Waals surface area contributed by atoms with Crippen molar-refractivity contribution in [3.8, 4) is 5.82 Å². The van der Waals surface area contributed by atoms with E-state index in [2.05, 4.69) is 10.1 Å². The first-order valence-electron chi connectivity index (χ1n) is 4.75. The van der Waals surface area contributed by atoms with E-state index in [0.29, 0.717) is 5.88 Å². The maximum absolute atomic E-state index is 5.74. The molecular formula is C11H12ClN3. The second-order valence-corrected chi connectivity index (χ2v) is 3.79. The number of hydrogen-bond acceptors (Lipinski definition) is 2. The van der Waals surface area contributed by atoms with Gasteiger partial charge in [-0.1, -0.05) is 0 Å². The van der Waals surface area contributed by atoms with Crippen LogP contribution < -0.4 is 0 Å².